The highest BCUT2D eigenvalue weighted by atomic mass is 16.5. The fraction of sp³-hybridized carbons (Fsp3) is 0.923. The van der Waals surface area contributed by atoms with Gasteiger partial charge in [-0.15, -0.1) is 0 Å². The van der Waals surface area contributed by atoms with Crippen LogP contribution in [-0.2, 0) is 9.53 Å². The summed E-state index contributed by atoms with van der Waals surface area (Å²) in [5, 5.41) is 13.1. The topological polar surface area (TPSA) is 58.6 Å². The molecule has 0 saturated heterocycles. The van der Waals surface area contributed by atoms with Gasteiger partial charge in [-0.25, -0.2) is 0 Å². The van der Waals surface area contributed by atoms with E-state index in [0.717, 1.165) is 25.7 Å². The third-order valence-corrected chi connectivity index (χ3v) is 3.85. The zero-order valence-corrected chi connectivity index (χ0v) is 11.4. The van der Waals surface area contributed by atoms with Gasteiger partial charge < -0.3 is 15.2 Å². The molecule has 1 unspecified atom stereocenters. The Morgan fingerprint density at radius 2 is 1.88 bits per heavy atom. The number of amides is 1. The zero-order chi connectivity index (χ0) is 13.1. The van der Waals surface area contributed by atoms with Crippen LogP contribution < -0.4 is 5.32 Å². The molecule has 17 heavy (non-hydrogen) atoms. The van der Waals surface area contributed by atoms with E-state index >= 15 is 0 Å². The third kappa shape index (κ3) is 4.28. The highest BCUT2D eigenvalue weighted by Crippen LogP contribution is 2.39. The van der Waals surface area contributed by atoms with Crippen LogP contribution in [0, 0.1) is 5.41 Å². The van der Waals surface area contributed by atoms with Gasteiger partial charge in [0.25, 0.3) is 0 Å². The Labute approximate surface area is 104 Å². The molecule has 0 spiro atoms. The quantitative estimate of drug-likeness (QED) is 0.786. The summed E-state index contributed by atoms with van der Waals surface area (Å²) in [4.78, 5) is 11.5. The number of hydrogen-bond acceptors (Lipinski definition) is 3. The third-order valence-electron chi connectivity index (χ3n) is 3.85. The fourth-order valence-corrected chi connectivity index (χ4v) is 2.07. The molecule has 0 bridgehead atoms. The molecule has 0 aromatic rings. The van der Waals surface area contributed by atoms with Crippen molar-refractivity contribution in [3.8, 4) is 0 Å². The van der Waals surface area contributed by atoms with Gasteiger partial charge in [-0.05, 0) is 38.0 Å². The van der Waals surface area contributed by atoms with E-state index in [2.05, 4.69) is 19.2 Å². The van der Waals surface area contributed by atoms with Crippen molar-refractivity contribution in [2.75, 3.05) is 13.7 Å². The van der Waals surface area contributed by atoms with Gasteiger partial charge >= 0.3 is 0 Å². The molecular formula is C13H25NO3. The molecule has 1 rings (SSSR count). The van der Waals surface area contributed by atoms with Gasteiger partial charge in [0.2, 0.25) is 5.91 Å². The highest BCUT2D eigenvalue weighted by Gasteiger charge is 2.36. The lowest BCUT2D eigenvalue weighted by molar-refractivity contribution is -0.132. The Balaban J connectivity index is 2.39. The Hall–Kier alpha value is -0.610. The Morgan fingerprint density at radius 3 is 2.35 bits per heavy atom. The van der Waals surface area contributed by atoms with Gasteiger partial charge in [-0.3, -0.25) is 4.79 Å². The molecule has 4 nitrogen and oxygen atoms in total. The van der Waals surface area contributed by atoms with E-state index in [4.69, 9.17) is 4.74 Å². The summed E-state index contributed by atoms with van der Waals surface area (Å²) in [6.07, 6.45) is 3.04. The first-order chi connectivity index (χ1) is 7.78. The van der Waals surface area contributed by atoms with Crippen molar-refractivity contribution in [2.45, 2.75) is 58.2 Å². The SMILES string of the molecule is COC(C)C(=O)NCC1(O)CCC(C)(C)CC1. The van der Waals surface area contributed by atoms with Crippen LogP contribution in [0.1, 0.15) is 46.5 Å². The molecular weight excluding hydrogens is 218 g/mol. The summed E-state index contributed by atoms with van der Waals surface area (Å²) in [6.45, 7) is 6.47. The van der Waals surface area contributed by atoms with Crippen LogP contribution >= 0.6 is 0 Å². The molecule has 1 aliphatic rings. The first-order valence-electron chi connectivity index (χ1n) is 6.31. The van der Waals surface area contributed by atoms with Gasteiger partial charge in [0.05, 0.1) is 5.60 Å². The minimum Gasteiger partial charge on any atom is -0.388 e. The number of ether oxygens (including phenoxy) is 1. The highest BCUT2D eigenvalue weighted by molar-refractivity contribution is 5.80. The summed E-state index contributed by atoms with van der Waals surface area (Å²) in [5.74, 6) is -0.161. The van der Waals surface area contributed by atoms with E-state index in [-0.39, 0.29) is 5.91 Å². The summed E-state index contributed by atoms with van der Waals surface area (Å²) < 4.78 is 4.92. The molecule has 0 aromatic heterocycles. The van der Waals surface area contributed by atoms with E-state index in [1.165, 1.54) is 7.11 Å². The van der Waals surface area contributed by atoms with Crippen LogP contribution in [0.3, 0.4) is 0 Å². The molecule has 1 fully saturated rings. The Bertz CT molecular complexity index is 266. The number of rotatable bonds is 4. The Kier molecular flexibility index (Phi) is 4.55. The molecule has 2 N–H and O–H groups in total. The average molecular weight is 243 g/mol. The molecule has 1 saturated carbocycles. The second-order valence-corrected chi connectivity index (χ2v) is 5.98. The lowest BCUT2D eigenvalue weighted by Crippen LogP contribution is -2.48. The number of nitrogens with one attached hydrogen (secondary N) is 1. The van der Waals surface area contributed by atoms with Crippen LogP contribution in [0.5, 0.6) is 0 Å². The summed E-state index contributed by atoms with van der Waals surface area (Å²) in [6, 6.07) is 0. The summed E-state index contributed by atoms with van der Waals surface area (Å²) in [7, 11) is 1.50. The number of aliphatic hydroxyl groups is 1. The van der Waals surface area contributed by atoms with Crippen LogP contribution in [0.25, 0.3) is 0 Å². The van der Waals surface area contributed by atoms with Crippen LogP contribution in [0.2, 0.25) is 0 Å². The molecule has 1 atom stereocenters. The van der Waals surface area contributed by atoms with E-state index in [9.17, 15) is 9.90 Å². The molecule has 4 heteroatoms. The minimum atomic E-state index is -0.737. The van der Waals surface area contributed by atoms with E-state index in [0.29, 0.717) is 12.0 Å². The van der Waals surface area contributed by atoms with Gasteiger partial charge in [0.1, 0.15) is 6.10 Å². The first kappa shape index (κ1) is 14.5. The monoisotopic (exact) mass is 243 g/mol. The molecule has 100 valence electrons. The normalized spacial score (nSPS) is 24.1. The second-order valence-electron chi connectivity index (χ2n) is 5.98. The van der Waals surface area contributed by atoms with E-state index in [1.807, 2.05) is 0 Å². The van der Waals surface area contributed by atoms with Crippen molar-refractivity contribution in [2.24, 2.45) is 5.41 Å². The zero-order valence-electron chi connectivity index (χ0n) is 11.4. The van der Waals surface area contributed by atoms with Gasteiger partial charge in [0.15, 0.2) is 0 Å². The molecule has 0 radical (unpaired) electrons. The first-order valence-corrected chi connectivity index (χ1v) is 6.31. The minimum absolute atomic E-state index is 0.161. The molecule has 0 heterocycles. The van der Waals surface area contributed by atoms with Gasteiger partial charge in [0, 0.05) is 13.7 Å². The fourth-order valence-electron chi connectivity index (χ4n) is 2.07. The van der Waals surface area contributed by atoms with Crippen molar-refractivity contribution < 1.29 is 14.6 Å². The number of carbonyl (C=O) groups excluding carboxylic acids is 1. The summed E-state index contributed by atoms with van der Waals surface area (Å²) >= 11 is 0. The van der Waals surface area contributed by atoms with Crippen molar-refractivity contribution in [1.29, 1.82) is 0 Å². The standard InChI is InChI=1S/C13H25NO3/c1-10(17-4)11(15)14-9-13(16)7-5-12(2,3)6-8-13/h10,16H,5-9H2,1-4H3,(H,14,15). The smallest absolute Gasteiger partial charge is 0.248 e. The van der Waals surface area contributed by atoms with Crippen LogP contribution in [0.15, 0.2) is 0 Å². The maximum atomic E-state index is 11.5. The van der Waals surface area contributed by atoms with E-state index < -0.39 is 11.7 Å². The number of hydrogen-bond donors (Lipinski definition) is 2. The predicted octanol–water partition coefficient (Wildman–Crippen LogP) is 1.47. The lowest BCUT2D eigenvalue weighted by Gasteiger charge is -2.40. The molecule has 0 aliphatic heterocycles. The average Bonchev–Trinajstić information content (AvgIpc) is 2.30. The largest absolute Gasteiger partial charge is 0.388 e. The predicted molar refractivity (Wildman–Crippen MR) is 66.7 cm³/mol. The Morgan fingerprint density at radius 1 is 1.35 bits per heavy atom. The van der Waals surface area contributed by atoms with Crippen molar-refractivity contribution in [3.63, 3.8) is 0 Å². The van der Waals surface area contributed by atoms with Crippen molar-refractivity contribution in [3.05, 3.63) is 0 Å². The molecule has 0 aromatic carbocycles. The van der Waals surface area contributed by atoms with E-state index in [1.54, 1.807) is 6.92 Å². The van der Waals surface area contributed by atoms with Gasteiger partial charge in [-0.1, -0.05) is 13.8 Å². The summed E-state index contributed by atoms with van der Waals surface area (Å²) in [5.41, 5.74) is -0.422. The maximum absolute atomic E-state index is 11.5. The van der Waals surface area contributed by atoms with Crippen LogP contribution in [0.4, 0.5) is 0 Å². The number of methoxy groups -OCH3 is 1. The number of carbonyl (C=O) groups is 1. The molecule has 1 amide bonds. The second kappa shape index (κ2) is 5.36. The van der Waals surface area contributed by atoms with Gasteiger partial charge in [-0.2, -0.15) is 0 Å². The maximum Gasteiger partial charge on any atom is 0.248 e. The lowest BCUT2D eigenvalue weighted by atomic mass is 9.71. The van der Waals surface area contributed by atoms with Crippen molar-refractivity contribution >= 4 is 5.91 Å². The molecule has 1 aliphatic carbocycles. The van der Waals surface area contributed by atoms with Crippen LogP contribution in [-0.4, -0.2) is 36.4 Å². The van der Waals surface area contributed by atoms with Crippen molar-refractivity contribution in [1.82, 2.24) is 5.32 Å².